The zero-order chi connectivity index (χ0) is 10.5. The van der Waals surface area contributed by atoms with Gasteiger partial charge >= 0.3 is 0 Å². The first-order chi connectivity index (χ1) is 7.36. The summed E-state index contributed by atoms with van der Waals surface area (Å²) in [5.74, 6) is 0.986. The number of anilines is 1. The maximum absolute atomic E-state index is 4.18. The summed E-state index contributed by atoms with van der Waals surface area (Å²) in [6, 6.07) is 3.96. The smallest absolute Gasteiger partial charge is 0.151 e. The van der Waals surface area contributed by atoms with Gasteiger partial charge in [0, 0.05) is 13.1 Å². The zero-order valence-electron chi connectivity index (χ0n) is 8.62. The van der Waals surface area contributed by atoms with Crippen molar-refractivity contribution in [3.63, 3.8) is 0 Å². The van der Waals surface area contributed by atoms with Crippen LogP contribution in [0.3, 0.4) is 0 Å². The number of hydrogen-bond donors (Lipinski definition) is 1. The topological polar surface area (TPSA) is 41.0 Å². The van der Waals surface area contributed by atoms with Crippen molar-refractivity contribution in [2.45, 2.75) is 12.8 Å². The van der Waals surface area contributed by atoms with Crippen LogP contribution in [0.15, 0.2) is 16.7 Å². The van der Waals surface area contributed by atoms with E-state index < -0.39 is 0 Å². The van der Waals surface area contributed by atoms with E-state index >= 15 is 0 Å². The van der Waals surface area contributed by atoms with Gasteiger partial charge < -0.3 is 10.2 Å². The van der Waals surface area contributed by atoms with Gasteiger partial charge in [-0.25, -0.2) is 0 Å². The van der Waals surface area contributed by atoms with Gasteiger partial charge in [0.2, 0.25) is 0 Å². The third-order valence-corrected chi connectivity index (χ3v) is 2.93. The molecule has 1 aliphatic heterocycles. The minimum atomic E-state index is 0.792. The summed E-state index contributed by atoms with van der Waals surface area (Å²) in [5, 5.41) is 11.6. The van der Waals surface area contributed by atoms with E-state index in [2.05, 4.69) is 36.3 Å². The second-order valence-electron chi connectivity index (χ2n) is 3.66. The molecule has 0 atom stereocenters. The average molecular weight is 271 g/mol. The molecule has 0 spiro atoms. The van der Waals surface area contributed by atoms with Gasteiger partial charge in [0.1, 0.15) is 4.60 Å². The minimum absolute atomic E-state index is 0.792. The Hall–Kier alpha value is -0.680. The van der Waals surface area contributed by atoms with Crippen LogP contribution in [-0.4, -0.2) is 36.4 Å². The van der Waals surface area contributed by atoms with Gasteiger partial charge in [-0.3, -0.25) is 0 Å². The molecule has 0 amide bonds. The Morgan fingerprint density at radius 1 is 1.13 bits per heavy atom. The highest BCUT2D eigenvalue weighted by Crippen LogP contribution is 2.13. The molecule has 4 nitrogen and oxygen atoms in total. The molecule has 2 heterocycles. The predicted molar refractivity (Wildman–Crippen MR) is 64.0 cm³/mol. The first-order valence-electron chi connectivity index (χ1n) is 5.31. The molecule has 1 aromatic rings. The van der Waals surface area contributed by atoms with E-state index in [0.29, 0.717) is 0 Å². The van der Waals surface area contributed by atoms with Crippen LogP contribution in [-0.2, 0) is 0 Å². The first kappa shape index (κ1) is 10.8. The van der Waals surface area contributed by atoms with E-state index in [9.17, 15) is 0 Å². The maximum atomic E-state index is 4.18. The molecule has 0 unspecified atom stereocenters. The highest BCUT2D eigenvalue weighted by atomic mass is 79.9. The summed E-state index contributed by atoms with van der Waals surface area (Å²) in [6.45, 7) is 4.31. The number of halogens is 1. The zero-order valence-corrected chi connectivity index (χ0v) is 10.2. The van der Waals surface area contributed by atoms with Crippen molar-refractivity contribution >= 4 is 21.7 Å². The molecule has 5 heteroatoms. The van der Waals surface area contributed by atoms with Crippen LogP contribution in [0.5, 0.6) is 0 Å². The van der Waals surface area contributed by atoms with Crippen LogP contribution in [0, 0.1) is 0 Å². The molecule has 0 aromatic carbocycles. The van der Waals surface area contributed by atoms with Gasteiger partial charge in [-0.05, 0) is 54.0 Å². The summed E-state index contributed by atoms with van der Waals surface area (Å²) < 4.78 is 0.792. The van der Waals surface area contributed by atoms with Crippen LogP contribution in [0.4, 0.5) is 5.82 Å². The molecular weight excluding hydrogens is 256 g/mol. The molecule has 1 saturated heterocycles. The SMILES string of the molecule is Brc1ccc(N2CCCNCCC2)nn1. The number of hydrogen-bond acceptors (Lipinski definition) is 4. The van der Waals surface area contributed by atoms with E-state index in [1.54, 1.807) is 0 Å². The predicted octanol–water partition coefficient (Wildman–Crippen LogP) is 1.43. The Labute approximate surface area is 98.2 Å². The van der Waals surface area contributed by atoms with Crippen LogP contribution in [0.25, 0.3) is 0 Å². The molecule has 1 aromatic heterocycles. The standard InChI is InChI=1S/C10H15BrN4/c11-9-3-4-10(14-13-9)15-7-1-5-12-6-2-8-15/h3-4,12H,1-2,5-8H2. The number of nitrogens with zero attached hydrogens (tertiary/aromatic N) is 3. The Kier molecular flexibility index (Phi) is 3.91. The van der Waals surface area contributed by atoms with E-state index in [1.807, 2.05) is 12.1 Å². The Morgan fingerprint density at radius 2 is 1.87 bits per heavy atom. The normalized spacial score (nSPS) is 18.3. The van der Waals surface area contributed by atoms with Gasteiger partial charge in [-0.1, -0.05) is 0 Å². The van der Waals surface area contributed by atoms with Crippen molar-refractivity contribution in [3.05, 3.63) is 16.7 Å². The summed E-state index contributed by atoms with van der Waals surface area (Å²) in [4.78, 5) is 2.31. The van der Waals surface area contributed by atoms with E-state index in [1.165, 1.54) is 0 Å². The lowest BCUT2D eigenvalue weighted by Crippen LogP contribution is -2.34. The largest absolute Gasteiger partial charge is 0.355 e. The van der Waals surface area contributed by atoms with E-state index in [0.717, 1.165) is 49.4 Å². The molecule has 0 radical (unpaired) electrons. The number of nitrogens with one attached hydrogen (secondary N) is 1. The summed E-state index contributed by atoms with van der Waals surface area (Å²) in [5.41, 5.74) is 0. The third kappa shape index (κ3) is 3.14. The summed E-state index contributed by atoms with van der Waals surface area (Å²) >= 11 is 3.30. The third-order valence-electron chi connectivity index (χ3n) is 2.51. The van der Waals surface area contributed by atoms with Crippen LogP contribution < -0.4 is 10.2 Å². The van der Waals surface area contributed by atoms with Gasteiger partial charge in [0.05, 0.1) is 0 Å². The van der Waals surface area contributed by atoms with Crippen molar-refractivity contribution in [1.82, 2.24) is 15.5 Å². The molecule has 0 bridgehead atoms. The first-order valence-corrected chi connectivity index (χ1v) is 6.10. The minimum Gasteiger partial charge on any atom is -0.355 e. The molecule has 1 fully saturated rings. The summed E-state index contributed by atoms with van der Waals surface area (Å²) in [7, 11) is 0. The Balaban J connectivity index is 2.03. The Bertz CT molecular complexity index is 293. The second kappa shape index (κ2) is 5.42. The molecule has 82 valence electrons. The van der Waals surface area contributed by atoms with Crippen LogP contribution in [0.2, 0.25) is 0 Å². The average Bonchev–Trinajstić information content (AvgIpc) is 2.19. The number of rotatable bonds is 1. The maximum Gasteiger partial charge on any atom is 0.151 e. The van der Waals surface area contributed by atoms with Crippen molar-refractivity contribution in [3.8, 4) is 0 Å². The van der Waals surface area contributed by atoms with Gasteiger partial charge in [-0.2, -0.15) is 0 Å². The fourth-order valence-corrected chi connectivity index (χ4v) is 1.94. The van der Waals surface area contributed by atoms with Crippen LogP contribution in [0.1, 0.15) is 12.8 Å². The molecular formula is C10H15BrN4. The molecule has 0 saturated carbocycles. The van der Waals surface area contributed by atoms with Crippen molar-refractivity contribution in [2.75, 3.05) is 31.1 Å². The van der Waals surface area contributed by atoms with Gasteiger partial charge in [-0.15, -0.1) is 10.2 Å². The molecule has 0 aliphatic carbocycles. The van der Waals surface area contributed by atoms with Crippen LogP contribution >= 0.6 is 15.9 Å². The summed E-state index contributed by atoms with van der Waals surface area (Å²) in [6.07, 6.45) is 2.33. The molecule has 15 heavy (non-hydrogen) atoms. The van der Waals surface area contributed by atoms with E-state index in [-0.39, 0.29) is 0 Å². The fourth-order valence-electron chi connectivity index (χ4n) is 1.73. The highest BCUT2D eigenvalue weighted by molar-refractivity contribution is 9.10. The quantitative estimate of drug-likeness (QED) is 0.839. The van der Waals surface area contributed by atoms with Gasteiger partial charge in [0.15, 0.2) is 5.82 Å². The molecule has 1 N–H and O–H groups in total. The Morgan fingerprint density at radius 3 is 2.47 bits per heavy atom. The van der Waals surface area contributed by atoms with E-state index in [4.69, 9.17) is 0 Å². The van der Waals surface area contributed by atoms with Crippen molar-refractivity contribution in [2.24, 2.45) is 0 Å². The lowest BCUT2D eigenvalue weighted by Gasteiger charge is -2.25. The molecule has 1 aliphatic rings. The van der Waals surface area contributed by atoms with Gasteiger partial charge in [0.25, 0.3) is 0 Å². The van der Waals surface area contributed by atoms with Crippen molar-refractivity contribution < 1.29 is 0 Å². The fraction of sp³-hybridized carbons (Fsp3) is 0.600. The second-order valence-corrected chi connectivity index (χ2v) is 4.47. The molecule has 2 rings (SSSR count). The highest BCUT2D eigenvalue weighted by Gasteiger charge is 2.09. The van der Waals surface area contributed by atoms with Crippen molar-refractivity contribution in [1.29, 1.82) is 0 Å². The number of aromatic nitrogens is 2. The lowest BCUT2D eigenvalue weighted by atomic mass is 10.2. The monoisotopic (exact) mass is 270 g/mol. The lowest BCUT2D eigenvalue weighted by molar-refractivity contribution is 0.563.